The predicted octanol–water partition coefficient (Wildman–Crippen LogP) is 0.127. The Morgan fingerprint density at radius 2 is 2.45 bits per heavy atom. The summed E-state index contributed by atoms with van der Waals surface area (Å²) in [7, 11) is 4.09. The van der Waals surface area contributed by atoms with Crippen molar-refractivity contribution in [3.8, 4) is 0 Å². The summed E-state index contributed by atoms with van der Waals surface area (Å²) < 4.78 is 0. The molecule has 0 radical (unpaired) electrons. The van der Waals surface area contributed by atoms with E-state index in [2.05, 4.69) is 10.2 Å². The normalized spacial score (nSPS) is 24.3. The fourth-order valence-corrected chi connectivity index (χ4v) is 1.89. The molecule has 1 heterocycles. The molecule has 0 aromatic heterocycles. The smallest absolute Gasteiger partial charge is 0.230 e. The average Bonchev–Trinajstić information content (AvgIpc) is 2.31. The highest BCUT2D eigenvalue weighted by Crippen LogP contribution is 2.17. The van der Waals surface area contributed by atoms with Crippen LogP contribution in [0, 0.1) is 0 Å². The Bertz CT molecular complexity index is 149. The Kier molecular flexibility index (Phi) is 3.20. The van der Waals surface area contributed by atoms with Crippen molar-refractivity contribution in [2.75, 3.05) is 26.4 Å². The van der Waals surface area contributed by atoms with Crippen molar-refractivity contribution in [2.45, 2.75) is 11.8 Å². The molecular formula is C7H14N2OS. The maximum atomic E-state index is 10.8. The van der Waals surface area contributed by atoms with E-state index in [0.717, 1.165) is 13.0 Å². The molecule has 0 saturated carbocycles. The molecule has 64 valence electrons. The largest absolute Gasteiger partial charge is 0.344 e. The summed E-state index contributed by atoms with van der Waals surface area (Å²) in [6.45, 7) is 1.04. The quantitative estimate of drug-likeness (QED) is 0.660. The van der Waals surface area contributed by atoms with Crippen LogP contribution in [0.5, 0.6) is 0 Å². The van der Waals surface area contributed by atoms with E-state index in [1.54, 1.807) is 11.8 Å². The zero-order valence-electron chi connectivity index (χ0n) is 6.96. The molecule has 1 aliphatic rings. The number of carbonyl (C=O) groups is 1. The van der Waals surface area contributed by atoms with Crippen LogP contribution in [0.25, 0.3) is 0 Å². The Morgan fingerprint density at radius 3 is 2.91 bits per heavy atom. The van der Waals surface area contributed by atoms with Crippen molar-refractivity contribution in [1.82, 2.24) is 10.2 Å². The second-order valence-corrected chi connectivity index (χ2v) is 4.15. The number of hydrogen-bond acceptors (Lipinski definition) is 3. The van der Waals surface area contributed by atoms with Gasteiger partial charge in [0.25, 0.3) is 0 Å². The minimum absolute atomic E-state index is 0.179. The van der Waals surface area contributed by atoms with Gasteiger partial charge in [-0.25, -0.2) is 0 Å². The minimum atomic E-state index is 0.179. The van der Waals surface area contributed by atoms with Crippen LogP contribution in [-0.2, 0) is 4.79 Å². The molecule has 0 spiro atoms. The topological polar surface area (TPSA) is 32.3 Å². The highest BCUT2D eigenvalue weighted by molar-refractivity contribution is 8.01. The lowest BCUT2D eigenvalue weighted by atomic mass is 10.4. The van der Waals surface area contributed by atoms with Gasteiger partial charge in [0, 0.05) is 6.54 Å². The zero-order valence-corrected chi connectivity index (χ0v) is 7.78. The minimum Gasteiger partial charge on any atom is -0.344 e. The fourth-order valence-electron chi connectivity index (χ4n) is 0.970. The third-order valence-electron chi connectivity index (χ3n) is 1.58. The molecule has 3 nitrogen and oxygen atoms in total. The average molecular weight is 174 g/mol. The van der Waals surface area contributed by atoms with E-state index in [0.29, 0.717) is 11.1 Å². The first kappa shape index (κ1) is 8.87. The molecule has 1 saturated heterocycles. The summed E-state index contributed by atoms with van der Waals surface area (Å²) in [4.78, 5) is 12.9. The molecular weight excluding hydrogens is 160 g/mol. The van der Waals surface area contributed by atoms with Gasteiger partial charge in [-0.05, 0) is 20.5 Å². The van der Waals surface area contributed by atoms with Crippen molar-refractivity contribution in [1.29, 1.82) is 0 Å². The van der Waals surface area contributed by atoms with E-state index < -0.39 is 0 Å². The molecule has 0 bridgehead atoms. The number of nitrogens with one attached hydrogen (secondary N) is 1. The van der Waals surface area contributed by atoms with Crippen LogP contribution in [0.1, 0.15) is 6.42 Å². The number of amides is 1. The van der Waals surface area contributed by atoms with E-state index in [-0.39, 0.29) is 5.91 Å². The molecule has 1 fully saturated rings. The van der Waals surface area contributed by atoms with Crippen LogP contribution in [0.4, 0.5) is 0 Å². The zero-order chi connectivity index (χ0) is 8.27. The Labute approximate surface area is 71.5 Å². The molecule has 0 aromatic rings. The predicted molar refractivity (Wildman–Crippen MR) is 47.6 cm³/mol. The SMILES string of the molecule is CN(C)CCC1NC(=O)CS1. The molecule has 1 aliphatic heterocycles. The first-order chi connectivity index (χ1) is 5.18. The van der Waals surface area contributed by atoms with Gasteiger partial charge in [0.1, 0.15) is 0 Å². The third-order valence-corrected chi connectivity index (χ3v) is 2.76. The van der Waals surface area contributed by atoms with Crippen LogP contribution >= 0.6 is 11.8 Å². The fraction of sp³-hybridized carbons (Fsp3) is 0.857. The molecule has 1 N–H and O–H groups in total. The summed E-state index contributed by atoms with van der Waals surface area (Å²) in [5, 5.41) is 3.26. The Balaban J connectivity index is 2.13. The van der Waals surface area contributed by atoms with Crippen LogP contribution in [0.3, 0.4) is 0 Å². The summed E-state index contributed by atoms with van der Waals surface area (Å²) in [6, 6.07) is 0. The molecule has 0 aromatic carbocycles. The number of nitrogens with zero attached hydrogens (tertiary/aromatic N) is 1. The van der Waals surface area contributed by atoms with Crippen LogP contribution in [0.15, 0.2) is 0 Å². The first-order valence-electron chi connectivity index (χ1n) is 3.74. The summed E-state index contributed by atoms with van der Waals surface area (Å²) in [5.41, 5.74) is 0. The number of thioether (sulfide) groups is 1. The number of rotatable bonds is 3. The second kappa shape index (κ2) is 3.97. The van der Waals surface area contributed by atoms with Gasteiger partial charge in [-0.3, -0.25) is 4.79 Å². The highest BCUT2D eigenvalue weighted by Gasteiger charge is 2.20. The Hall–Kier alpha value is -0.220. The van der Waals surface area contributed by atoms with E-state index in [1.165, 1.54) is 0 Å². The third kappa shape index (κ3) is 3.12. The van der Waals surface area contributed by atoms with Crippen LogP contribution < -0.4 is 5.32 Å². The van der Waals surface area contributed by atoms with Gasteiger partial charge in [-0.2, -0.15) is 0 Å². The maximum Gasteiger partial charge on any atom is 0.230 e. The number of hydrogen-bond donors (Lipinski definition) is 1. The first-order valence-corrected chi connectivity index (χ1v) is 4.79. The van der Waals surface area contributed by atoms with Gasteiger partial charge in [-0.1, -0.05) is 0 Å². The summed E-state index contributed by atoms with van der Waals surface area (Å²) >= 11 is 1.71. The lowest BCUT2D eigenvalue weighted by Gasteiger charge is -2.12. The van der Waals surface area contributed by atoms with Gasteiger partial charge in [0.2, 0.25) is 5.91 Å². The molecule has 11 heavy (non-hydrogen) atoms. The molecule has 1 unspecified atom stereocenters. The van der Waals surface area contributed by atoms with Gasteiger partial charge in [0.05, 0.1) is 11.1 Å². The van der Waals surface area contributed by atoms with Crippen molar-refractivity contribution >= 4 is 17.7 Å². The van der Waals surface area contributed by atoms with Crippen molar-refractivity contribution in [3.63, 3.8) is 0 Å². The van der Waals surface area contributed by atoms with Crippen LogP contribution in [-0.4, -0.2) is 42.6 Å². The molecule has 4 heteroatoms. The maximum absolute atomic E-state index is 10.8. The number of carbonyl (C=O) groups excluding carboxylic acids is 1. The lowest BCUT2D eigenvalue weighted by Crippen LogP contribution is -2.28. The lowest BCUT2D eigenvalue weighted by molar-refractivity contribution is -0.118. The molecule has 1 amide bonds. The molecule has 1 rings (SSSR count). The van der Waals surface area contributed by atoms with E-state index in [9.17, 15) is 4.79 Å². The van der Waals surface area contributed by atoms with Gasteiger partial charge < -0.3 is 10.2 Å². The van der Waals surface area contributed by atoms with E-state index in [4.69, 9.17) is 0 Å². The van der Waals surface area contributed by atoms with Crippen molar-refractivity contribution < 1.29 is 4.79 Å². The van der Waals surface area contributed by atoms with Gasteiger partial charge in [-0.15, -0.1) is 11.8 Å². The highest BCUT2D eigenvalue weighted by atomic mass is 32.2. The van der Waals surface area contributed by atoms with E-state index >= 15 is 0 Å². The standard InChI is InChI=1S/C7H14N2OS/c1-9(2)4-3-7-8-6(10)5-11-7/h7H,3-5H2,1-2H3,(H,8,10). The van der Waals surface area contributed by atoms with Crippen molar-refractivity contribution in [3.05, 3.63) is 0 Å². The molecule has 1 atom stereocenters. The van der Waals surface area contributed by atoms with Crippen LogP contribution in [0.2, 0.25) is 0 Å². The summed E-state index contributed by atoms with van der Waals surface area (Å²) in [6.07, 6.45) is 1.05. The monoisotopic (exact) mass is 174 g/mol. The summed E-state index contributed by atoms with van der Waals surface area (Å²) in [5.74, 6) is 0.816. The molecule has 0 aliphatic carbocycles. The van der Waals surface area contributed by atoms with E-state index in [1.807, 2.05) is 14.1 Å². The van der Waals surface area contributed by atoms with Crippen molar-refractivity contribution in [2.24, 2.45) is 0 Å². The Morgan fingerprint density at radius 1 is 1.73 bits per heavy atom. The van der Waals surface area contributed by atoms with Gasteiger partial charge >= 0.3 is 0 Å². The second-order valence-electron chi connectivity index (χ2n) is 2.96. The van der Waals surface area contributed by atoms with Gasteiger partial charge in [0.15, 0.2) is 0 Å².